The van der Waals surface area contributed by atoms with Gasteiger partial charge in [0.1, 0.15) is 6.10 Å². The van der Waals surface area contributed by atoms with E-state index in [-0.39, 0.29) is 18.1 Å². The lowest BCUT2D eigenvalue weighted by Crippen LogP contribution is -2.27. The first-order valence-electron chi connectivity index (χ1n) is 5.37. The number of hydrogen-bond donors (Lipinski definition) is 1. The number of benzene rings is 1. The van der Waals surface area contributed by atoms with Crippen molar-refractivity contribution in [1.29, 1.82) is 0 Å². The van der Waals surface area contributed by atoms with Crippen LogP contribution in [0, 0.1) is 0 Å². The van der Waals surface area contributed by atoms with Crippen LogP contribution in [0.25, 0.3) is 0 Å². The molecular weight excluding hydrogens is 270 g/mol. The van der Waals surface area contributed by atoms with E-state index in [4.69, 9.17) is 4.74 Å². The van der Waals surface area contributed by atoms with Crippen LogP contribution in [0.2, 0.25) is 0 Å². The summed E-state index contributed by atoms with van der Waals surface area (Å²) in [5.41, 5.74) is 0.794. The molecule has 2 rings (SSSR count). The van der Waals surface area contributed by atoms with Gasteiger partial charge in [-0.2, -0.15) is 0 Å². The summed E-state index contributed by atoms with van der Waals surface area (Å²) in [4.78, 5) is 11.8. The molecule has 4 heteroatoms. The molecule has 1 saturated heterocycles. The fourth-order valence-corrected chi connectivity index (χ4v) is 2.18. The summed E-state index contributed by atoms with van der Waals surface area (Å²) in [6, 6.07) is 7.54. The zero-order valence-electron chi connectivity index (χ0n) is 9.07. The molecule has 0 spiro atoms. The summed E-state index contributed by atoms with van der Waals surface area (Å²) < 4.78 is 6.45. The van der Waals surface area contributed by atoms with E-state index < -0.39 is 0 Å². The van der Waals surface area contributed by atoms with Crippen LogP contribution in [-0.2, 0) is 9.53 Å². The summed E-state index contributed by atoms with van der Waals surface area (Å²) in [6.07, 6.45) is 1.66. The van der Waals surface area contributed by atoms with Gasteiger partial charge in [-0.3, -0.25) is 4.79 Å². The third kappa shape index (κ3) is 2.83. The lowest BCUT2D eigenvalue weighted by atomic mass is 10.2. The first kappa shape index (κ1) is 11.6. The van der Waals surface area contributed by atoms with Crippen molar-refractivity contribution in [3.63, 3.8) is 0 Å². The number of halogens is 1. The van der Waals surface area contributed by atoms with Crippen LogP contribution < -0.4 is 5.32 Å². The number of amides is 1. The second-order valence-electron chi connectivity index (χ2n) is 4.01. The van der Waals surface area contributed by atoms with Crippen molar-refractivity contribution in [2.24, 2.45) is 0 Å². The smallest absolute Gasteiger partial charge is 0.253 e. The Morgan fingerprint density at radius 3 is 2.94 bits per heavy atom. The van der Waals surface area contributed by atoms with Gasteiger partial charge in [0.2, 0.25) is 0 Å². The maximum atomic E-state index is 11.8. The second kappa shape index (κ2) is 4.97. The molecule has 0 aromatic heterocycles. The first-order valence-corrected chi connectivity index (χ1v) is 6.16. The number of nitrogens with one attached hydrogen (secondary N) is 1. The number of rotatable bonds is 2. The molecule has 1 aromatic rings. The van der Waals surface area contributed by atoms with Crippen LogP contribution in [0.4, 0.5) is 5.69 Å². The molecule has 2 unspecified atom stereocenters. The minimum Gasteiger partial charge on any atom is -0.365 e. The van der Waals surface area contributed by atoms with Gasteiger partial charge in [-0.25, -0.2) is 0 Å². The van der Waals surface area contributed by atoms with E-state index in [1.807, 2.05) is 31.2 Å². The third-order valence-corrected chi connectivity index (χ3v) is 3.11. The van der Waals surface area contributed by atoms with Crippen molar-refractivity contribution in [2.75, 3.05) is 5.32 Å². The quantitative estimate of drug-likeness (QED) is 0.906. The highest BCUT2D eigenvalue weighted by atomic mass is 79.9. The van der Waals surface area contributed by atoms with Gasteiger partial charge >= 0.3 is 0 Å². The molecule has 0 bridgehead atoms. The van der Waals surface area contributed by atoms with Crippen molar-refractivity contribution in [1.82, 2.24) is 0 Å². The highest BCUT2D eigenvalue weighted by Gasteiger charge is 2.27. The highest BCUT2D eigenvalue weighted by molar-refractivity contribution is 9.10. The Kier molecular flexibility index (Phi) is 3.61. The lowest BCUT2D eigenvalue weighted by Gasteiger charge is -2.11. The molecule has 16 heavy (non-hydrogen) atoms. The van der Waals surface area contributed by atoms with E-state index in [1.54, 1.807) is 0 Å². The average molecular weight is 284 g/mol. The molecule has 86 valence electrons. The monoisotopic (exact) mass is 283 g/mol. The normalized spacial score (nSPS) is 24.4. The van der Waals surface area contributed by atoms with Gasteiger partial charge < -0.3 is 10.1 Å². The molecule has 3 nitrogen and oxygen atoms in total. The van der Waals surface area contributed by atoms with Crippen molar-refractivity contribution in [2.45, 2.75) is 32.0 Å². The predicted octanol–water partition coefficient (Wildman–Crippen LogP) is 2.96. The molecule has 1 N–H and O–H groups in total. The summed E-state index contributed by atoms with van der Waals surface area (Å²) in [5.74, 6) is -0.0533. The molecule has 0 aliphatic carbocycles. The standard InChI is InChI=1S/C12H14BrNO2/c1-8-5-6-11(16-8)12(15)14-10-4-2-3-9(13)7-10/h2-4,7-8,11H,5-6H2,1H3,(H,14,15). The topological polar surface area (TPSA) is 38.3 Å². The van der Waals surface area contributed by atoms with E-state index in [0.717, 1.165) is 23.0 Å². The molecule has 0 radical (unpaired) electrons. The van der Waals surface area contributed by atoms with Gasteiger partial charge in [-0.05, 0) is 38.0 Å². The number of anilines is 1. The molecule has 1 fully saturated rings. The predicted molar refractivity (Wildman–Crippen MR) is 66.3 cm³/mol. The second-order valence-corrected chi connectivity index (χ2v) is 4.93. The van der Waals surface area contributed by atoms with E-state index >= 15 is 0 Å². The third-order valence-electron chi connectivity index (χ3n) is 2.62. The van der Waals surface area contributed by atoms with Gasteiger partial charge in [-0.1, -0.05) is 22.0 Å². The van der Waals surface area contributed by atoms with Gasteiger partial charge in [0.15, 0.2) is 0 Å². The fraction of sp³-hybridized carbons (Fsp3) is 0.417. The molecule has 1 aromatic carbocycles. The van der Waals surface area contributed by atoms with Gasteiger partial charge in [0.25, 0.3) is 5.91 Å². The maximum Gasteiger partial charge on any atom is 0.253 e. The molecule has 1 amide bonds. The van der Waals surface area contributed by atoms with Crippen LogP contribution in [0.1, 0.15) is 19.8 Å². The Labute approximate surface area is 103 Å². The van der Waals surface area contributed by atoms with E-state index in [1.165, 1.54) is 0 Å². The van der Waals surface area contributed by atoms with Gasteiger partial charge in [-0.15, -0.1) is 0 Å². The van der Waals surface area contributed by atoms with Crippen LogP contribution in [0.3, 0.4) is 0 Å². The highest BCUT2D eigenvalue weighted by Crippen LogP contribution is 2.21. The molecule has 2 atom stereocenters. The zero-order chi connectivity index (χ0) is 11.5. The average Bonchev–Trinajstić information content (AvgIpc) is 2.65. The first-order chi connectivity index (χ1) is 7.65. The summed E-state index contributed by atoms with van der Waals surface area (Å²) in [5, 5.41) is 2.85. The molecule has 0 saturated carbocycles. The molecular formula is C12H14BrNO2. The Balaban J connectivity index is 1.97. The zero-order valence-corrected chi connectivity index (χ0v) is 10.7. The molecule has 1 aliphatic rings. The molecule has 1 heterocycles. The summed E-state index contributed by atoms with van der Waals surface area (Å²) >= 11 is 3.36. The van der Waals surface area contributed by atoms with Crippen molar-refractivity contribution in [3.8, 4) is 0 Å². The minimum atomic E-state index is -0.297. The van der Waals surface area contributed by atoms with Crippen molar-refractivity contribution in [3.05, 3.63) is 28.7 Å². The van der Waals surface area contributed by atoms with Crippen molar-refractivity contribution >= 4 is 27.5 Å². The van der Waals surface area contributed by atoms with Crippen LogP contribution in [0.15, 0.2) is 28.7 Å². The van der Waals surface area contributed by atoms with Crippen LogP contribution in [0.5, 0.6) is 0 Å². The number of ether oxygens (including phenoxy) is 1. The Morgan fingerprint density at radius 2 is 2.31 bits per heavy atom. The van der Waals surface area contributed by atoms with Gasteiger partial charge in [0, 0.05) is 10.2 Å². The lowest BCUT2D eigenvalue weighted by molar-refractivity contribution is -0.126. The summed E-state index contributed by atoms with van der Waals surface area (Å²) in [6.45, 7) is 1.99. The SMILES string of the molecule is CC1CCC(C(=O)Nc2cccc(Br)c2)O1. The van der Waals surface area contributed by atoms with Gasteiger partial charge in [0.05, 0.1) is 6.10 Å². The maximum absolute atomic E-state index is 11.8. The minimum absolute atomic E-state index is 0.0533. The number of carbonyl (C=O) groups is 1. The Bertz CT molecular complexity index is 394. The summed E-state index contributed by atoms with van der Waals surface area (Å²) in [7, 11) is 0. The number of carbonyl (C=O) groups excluding carboxylic acids is 1. The van der Waals surface area contributed by atoms with E-state index in [2.05, 4.69) is 21.2 Å². The largest absolute Gasteiger partial charge is 0.365 e. The molecule has 1 aliphatic heterocycles. The van der Waals surface area contributed by atoms with Crippen molar-refractivity contribution < 1.29 is 9.53 Å². The van der Waals surface area contributed by atoms with Crippen LogP contribution >= 0.6 is 15.9 Å². The Hall–Kier alpha value is -0.870. The fourth-order valence-electron chi connectivity index (χ4n) is 1.78. The van der Waals surface area contributed by atoms with Crippen LogP contribution in [-0.4, -0.2) is 18.1 Å². The Morgan fingerprint density at radius 1 is 1.50 bits per heavy atom. The van der Waals surface area contributed by atoms with E-state index in [0.29, 0.717) is 0 Å². The van der Waals surface area contributed by atoms with E-state index in [9.17, 15) is 4.79 Å². The number of hydrogen-bond acceptors (Lipinski definition) is 2.